The average Bonchev–Trinajstić information content (AvgIpc) is 3.24. The van der Waals surface area contributed by atoms with E-state index in [0.29, 0.717) is 36.0 Å². The summed E-state index contributed by atoms with van der Waals surface area (Å²) in [7, 11) is 6.49. The molecule has 8 heteroatoms. The van der Waals surface area contributed by atoms with Gasteiger partial charge >= 0.3 is 0 Å². The van der Waals surface area contributed by atoms with Gasteiger partial charge in [0.25, 0.3) is 0 Å². The summed E-state index contributed by atoms with van der Waals surface area (Å²) in [4.78, 5) is 0. The highest BCUT2D eigenvalue weighted by Crippen LogP contribution is 2.41. The summed E-state index contributed by atoms with van der Waals surface area (Å²) >= 11 is 0. The maximum atomic E-state index is 9.15. The van der Waals surface area contributed by atoms with Crippen molar-refractivity contribution in [2.24, 2.45) is 0 Å². The number of aliphatic hydroxyl groups is 1. The molecule has 0 bridgehead atoms. The number of hydrogen-bond acceptors (Lipinski definition) is 7. The minimum Gasteiger partial charge on any atom is -0.493 e. The van der Waals surface area contributed by atoms with Gasteiger partial charge in [0, 0.05) is 19.2 Å². The van der Waals surface area contributed by atoms with Crippen LogP contribution in [0.25, 0.3) is 21.5 Å². The predicted octanol–water partition coefficient (Wildman–Crippen LogP) is 3.20. The van der Waals surface area contributed by atoms with E-state index in [-0.39, 0.29) is 6.61 Å². The van der Waals surface area contributed by atoms with E-state index in [1.54, 1.807) is 33.1 Å². The molecule has 162 valence electrons. The summed E-state index contributed by atoms with van der Waals surface area (Å²) in [5, 5.41) is 21.5. The van der Waals surface area contributed by atoms with Crippen LogP contribution in [0.5, 0.6) is 23.0 Å². The molecule has 0 aliphatic heterocycles. The number of hydrogen-bond donors (Lipinski definition) is 1. The molecule has 0 saturated heterocycles. The highest BCUT2D eigenvalue weighted by Gasteiger charge is 2.16. The molecule has 8 nitrogen and oxygen atoms in total. The Morgan fingerprint density at radius 3 is 1.97 bits per heavy atom. The third-order valence-electron chi connectivity index (χ3n) is 5.33. The molecule has 0 aliphatic carbocycles. The molecule has 31 heavy (non-hydrogen) atoms. The zero-order valence-corrected chi connectivity index (χ0v) is 18.0. The fraction of sp³-hybridized carbons (Fsp3) is 0.304. The van der Waals surface area contributed by atoms with Crippen molar-refractivity contribution in [2.75, 3.05) is 35.0 Å². The van der Waals surface area contributed by atoms with Gasteiger partial charge in [0.05, 0.1) is 40.7 Å². The van der Waals surface area contributed by atoms with E-state index in [1.165, 1.54) is 0 Å². The lowest BCUT2D eigenvalue weighted by atomic mass is 9.96. The van der Waals surface area contributed by atoms with Crippen LogP contribution in [0.3, 0.4) is 0 Å². The summed E-state index contributed by atoms with van der Waals surface area (Å²) in [6.07, 6.45) is 2.32. The summed E-state index contributed by atoms with van der Waals surface area (Å²) in [6.45, 7) is 0.547. The fourth-order valence-electron chi connectivity index (χ4n) is 3.83. The Morgan fingerprint density at radius 1 is 0.774 bits per heavy atom. The molecule has 0 atom stereocenters. The minimum atomic E-state index is 0.0379. The maximum absolute atomic E-state index is 9.15. The van der Waals surface area contributed by atoms with Crippen LogP contribution in [0.2, 0.25) is 0 Å². The van der Waals surface area contributed by atoms with E-state index < -0.39 is 0 Å². The molecule has 0 radical (unpaired) electrons. The molecule has 3 aromatic carbocycles. The fourth-order valence-corrected chi connectivity index (χ4v) is 3.83. The van der Waals surface area contributed by atoms with Gasteiger partial charge in [0.2, 0.25) is 0 Å². The number of aromatic nitrogens is 3. The quantitative estimate of drug-likeness (QED) is 0.436. The smallest absolute Gasteiger partial charge is 0.161 e. The maximum Gasteiger partial charge on any atom is 0.161 e. The van der Waals surface area contributed by atoms with E-state index in [2.05, 4.69) is 16.4 Å². The molecule has 0 spiro atoms. The lowest BCUT2D eigenvalue weighted by Crippen LogP contribution is -2.02. The third kappa shape index (κ3) is 3.82. The molecule has 0 saturated carbocycles. The lowest BCUT2D eigenvalue weighted by Gasteiger charge is -2.16. The number of fused-ring (bicyclic) bond motifs is 3. The van der Waals surface area contributed by atoms with Gasteiger partial charge in [-0.05, 0) is 57.4 Å². The van der Waals surface area contributed by atoms with Crippen molar-refractivity contribution in [3.8, 4) is 23.0 Å². The van der Waals surface area contributed by atoms with Crippen LogP contribution in [0, 0.1) is 0 Å². The second kappa shape index (κ2) is 8.69. The molecular formula is C23H25N3O5. The van der Waals surface area contributed by atoms with Crippen molar-refractivity contribution in [2.45, 2.75) is 13.0 Å². The predicted molar refractivity (Wildman–Crippen MR) is 118 cm³/mol. The molecular weight excluding hydrogens is 398 g/mol. The summed E-state index contributed by atoms with van der Waals surface area (Å²) in [6, 6.07) is 10.0. The molecule has 1 heterocycles. The van der Waals surface area contributed by atoms with Crippen LogP contribution in [0.1, 0.15) is 11.3 Å². The Kier molecular flexibility index (Phi) is 5.81. The molecule has 4 rings (SSSR count). The second-order valence-corrected chi connectivity index (χ2v) is 7.10. The number of ether oxygens (including phenoxy) is 4. The SMILES string of the molecule is COc1cc2cc(Cn3cc(CCO)nn3)c3cc(OC)c(OC)cc3c2cc1OC. The molecule has 0 fully saturated rings. The van der Waals surface area contributed by atoms with E-state index >= 15 is 0 Å². The van der Waals surface area contributed by atoms with Gasteiger partial charge in [0.15, 0.2) is 23.0 Å². The van der Waals surface area contributed by atoms with E-state index in [0.717, 1.165) is 32.8 Å². The Labute approximate surface area is 179 Å². The highest BCUT2D eigenvalue weighted by molar-refractivity contribution is 6.11. The van der Waals surface area contributed by atoms with Gasteiger partial charge < -0.3 is 24.1 Å². The number of nitrogens with zero attached hydrogens (tertiary/aromatic N) is 3. The molecule has 0 aliphatic rings. The topological polar surface area (TPSA) is 87.9 Å². The highest BCUT2D eigenvalue weighted by atomic mass is 16.5. The summed E-state index contributed by atoms with van der Waals surface area (Å²) < 4.78 is 23.9. The van der Waals surface area contributed by atoms with E-state index in [4.69, 9.17) is 24.1 Å². The van der Waals surface area contributed by atoms with Crippen molar-refractivity contribution >= 4 is 21.5 Å². The van der Waals surface area contributed by atoms with Crippen LogP contribution < -0.4 is 18.9 Å². The Bertz CT molecular complexity index is 1240. The number of methoxy groups -OCH3 is 4. The number of rotatable bonds is 8. The average molecular weight is 423 g/mol. The monoisotopic (exact) mass is 423 g/mol. The first-order chi connectivity index (χ1) is 15.1. The van der Waals surface area contributed by atoms with Crippen molar-refractivity contribution in [1.29, 1.82) is 0 Å². The molecule has 1 aromatic heterocycles. The number of benzene rings is 3. The third-order valence-corrected chi connectivity index (χ3v) is 5.33. The van der Waals surface area contributed by atoms with Crippen LogP contribution in [0.4, 0.5) is 0 Å². The molecule has 4 aromatic rings. The van der Waals surface area contributed by atoms with Gasteiger partial charge in [-0.15, -0.1) is 5.10 Å². The molecule has 0 amide bonds. The van der Waals surface area contributed by atoms with Crippen LogP contribution >= 0.6 is 0 Å². The van der Waals surface area contributed by atoms with Crippen LogP contribution in [-0.2, 0) is 13.0 Å². The Morgan fingerprint density at radius 2 is 1.35 bits per heavy atom. The van der Waals surface area contributed by atoms with Crippen molar-refractivity contribution in [3.63, 3.8) is 0 Å². The van der Waals surface area contributed by atoms with Gasteiger partial charge in [0.1, 0.15) is 0 Å². The van der Waals surface area contributed by atoms with Crippen LogP contribution in [-0.4, -0.2) is 55.1 Å². The van der Waals surface area contributed by atoms with Crippen molar-refractivity contribution in [3.05, 3.63) is 47.8 Å². The Balaban J connectivity index is 1.97. The number of aliphatic hydroxyl groups excluding tert-OH is 1. The van der Waals surface area contributed by atoms with Gasteiger partial charge in [-0.25, -0.2) is 4.68 Å². The standard InChI is InChI=1S/C23H25N3O5/c1-28-20-8-14-7-15(12-26-13-16(5-6-27)24-25-26)18-10-22(30-3)23(31-4)11-19(18)17(14)9-21(20)29-2/h7-11,13,27H,5-6,12H2,1-4H3. The molecule has 0 unspecified atom stereocenters. The summed E-state index contributed by atoms with van der Waals surface area (Å²) in [5.74, 6) is 2.61. The largest absolute Gasteiger partial charge is 0.493 e. The minimum absolute atomic E-state index is 0.0379. The van der Waals surface area contributed by atoms with Gasteiger partial charge in [-0.3, -0.25) is 0 Å². The zero-order chi connectivity index (χ0) is 22.0. The van der Waals surface area contributed by atoms with Crippen molar-refractivity contribution in [1.82, 2.24) is 15.0 Å². The first-order valence-corrected chi connectivity index (χ1v) is 9.85. The van der Waals surface area contributed by atoms with Gasteiger partial charge in [-0.1, -0.05) is 5.21 Å². The van der Waals surface area contributed by atoms with E-state index in [1.807, 2.05) is 30.5 Å². The first-order valence-electron chi connectivity index (χ1n) is 9.85. The summed E-state index contributed by atoms with van der Waals surface area (Å²) in [5.41, 5.74) is 1.79. The first kappa shape index (κ1) is 20.7. The Hall–Kier alpha value is -3.52. The van der Waals surface area contributed by atoms with Crippen LogP contribution in [0.15, 0.2) is 36.5 Å². The lowest BCUT2D eigenvalue weighted by molar-refractivity contribution is 0.298. The normalized spacial score (nSPS) is 11.1. The van der Waals surface area contributed by atoms with Gasteiger partial charge in [-0.2, -0.15) is 0 Å². The van der Waals surface area contributed by atoms with Crippen molar-refractivity contribution < 1.29 is 24.1 Å². The molecule has 1 N–H and O–H groups in total. The zero-order valence-electron chi connectivity index (χ0n) is 18.0. The van der Waals surface area contributed by atoms with E-state index in [9.17, 15) is 0 Å². The second-order valence-electron chi connectivity index (χ2n) is 7.10.